The molecule has 12 N–H and O–H groups in total. The van der Waals surface area contributed by atoms with Crippen LogP contribution in [-0.4, -0.2) is 98.1 Å². The van der Waals surface area contributed by atoms with Crippen LogP contribution in [0.5, 0.6) is 0 Å². The Bertz CT molecular complexity index is 1690. The lowest BCUT2D eigenvalue weighted by Crippen LogP contribution is -2.61. The molecule has 0 saturated heterocycles. The van der Waals surface area contributed by atoms with E-state index in [-0.39, 0.29) is 12.8 Å². The van der Waals surface area contributed by atoms with Crippen LogP contribution in [0, 0.1) is 0 Å². The van der Waals surface area contributed by atoms with Gasteiger partial charge >= 0.3 is 11.9 Å². The topological polar surface area (TPSA) is 296 Å². The molecule has 0 aliphatic carbocycles. The molecule has 0 fully saturated rings. The second-order valence-electron chi connectivity index (χ2n) is 11.7. The van der Waals surface area contributed by atoms with E-state index < -0.39 is 97.1 Å². The number of carboxylic acid groups (broad SMARTS) is 2. The number of hydrogen-bond acceptors (Lipinski definition) is 9. The average Bonchev–Trinajstić information content (AvgIpc) is 3.47. The molecule has 6 atom stereocenters. The number of aromatic amines is 1. The smallest absolute Gasteiger partial charge is 0.326 e. The molecule has 3 rings (SSSR count). The van der Waals surface area contributed by atoms with Gasteiger partial charge in [0.2, 0.25) is 29.5 Å². The number of aromatic nitrogens is 1. The van der Waals surface area contributed by atoms with E-state index in [1.165, 1.54) is 6.92 Å². The Balaban J connectivity index is 1.83. The summed E-state index contributed by atoms with van der Waals surface area (Å²) in [6, 6.07) is 7.99. The minimum atomic E-state index is -1.71. The summed E-state index contributed by atoms with van der Waals surface area (Å²) in [7, 11) is 0. The van der Waals surface area contributed by atoms with Crippen molar-refractivity contribution < 1.29 is 48.9 Å². The van der Waals surface area contributed by atoms with Crippen molar-refractivity contribution in [1.29, 1.82) is 0 Å². The number of hydrogen-bond donors (Lipinski definition) is 10. The normalized spacial score (nSPS) is 14.6. The standard InChI is InChI=1S/C33H41N7O10/c1-17(41)28(32(48)39-25(33(49)50)13-18-7-3-2-4-8-18)40-30(46)23(11-12-27(43)44)37-31(47)24(38-29(45)21(34)15-26(35)42)14-19-16-36-22-10-6-5-9-20(19)22/h2-10,16-17,21,23-25,28,36,41H,11-15,34H2,1H3,(H2,35,42)(H,37,47)(H,38,45)(H,39,48)(H,40,46)(H,43,44)(H,49,50)/t17-,21+,23+,24+,25+,28+/m1/s1. The highest BCUT2D eigenvalue weighted by Crippen LogP contribution is 2.19. The predicted molar refractivity (Wildman–Crippen MR) is 178 cm³/mol. The molecule has 1 aromatic heterocycles. The number of benzene rings is 2. The zero-order chi connectivity index (χ0) is 37.0. The molecule has 17 heteroatoms. The van der Waals surface area contributed by atoms with E-state index in [9.17, 15) is 48.9 Å². The van der Waals surface area contributed by atoms with Crippen LogP contribution in [0.15, 0.2) is 60.8 Å². The highest BCUT2D eigenvalue weighted by Gasteiger charge is 2.34. The second-order valence-corrected chi connectivity index (χ2v) is 11.7. The number of fused-ring (bicyclic) bond motifs is 1. The molecule has 0 bridgehead atoms. The van der Waals surface area contributed by atoms with Crippen LogP contribution < -0.4 is 32.7 Å². The minimum Gasteiger partial charge on any atom is -0.481 e. The summed E-state index contributed by atoms with van der Waals surface area (Å²) in [5.41, 5.74) is 12.9. The summed E-state index contributed by atoms with van der Waals surface area (Å²) >= 11 is 0. The van der Waals surface area contributed by atoms with Gasteiger partial charge in [0.1, 0.15) is 24.2 Å². The zero-order valence-corrected chi connectivity index (χ0v) is 27.1. The first kappa shape index (κ1) is 38.6. The third-order valence-corrected chi connectivity index (χ3v) is 7.73. The molecule has 0 aliphatic rings. The Morgan fingerprint density at radius 2 is 1.36 bits per heavy atom. The first-order valence-corrected chi connectivity index (χ1v) is 15.6. The second kappa shape index (κ2) is 18.1. The number of H-pyrrole nitrogens is 1. The SMILES string of the molecule is C[C@@H](O)[C@H](NC(=O)[C@H](CCC(=O)O)NC(=O)[C@H](Cc1c[nH]c2ccccc12)NC(=O)[C@@H](N)CC(N)=O)C(=O)N[C@@H](Cc1ccccc1)C(=O)O. The van der Waals surface area contributed by atoms with Crippen LogP contribution in [0.3, 0.4) is 0 Å². The summed E-state index contributed by atoms with van der Waals surface area (Å²) in [5, 5.41) is 39.6. The number of aliphatic carboxylic acids is 2. The molecule has 2 aromatic carbocycles. The van der Waals surface area contributed by atoms with E-state index in [4.69, 9.17) is 11.5 Å². The lowest BCUT2D eigenvalue weighted by molar-refractivity contribution is -0.143. The summed E-state index contributed by atoms with van der Waals surface area (Å²) in [6.07, 6.45) is -1.77. The van der Waals surface area contributed by atoms with Gasteiger partial charge in [0.05, 0.1) is 18.6 Å². The summed E-state index contributed by atoms with van der Waals surface area (Å²) in [4.78, 5) is 91.0. The predicted octanol–water partition coefficient (Wildman–Crippen LogP) is -1.57. The van der Waals surface area contributed by atoms with Gasteiger partial charge < -0.3 is 53.0 Å². The van der Waals surface area contributed by atoms with Gasteiger partial charge in [-0.3, -0.25) is 28.8 Å². The lowest BCUT2D eigenvalue weighted by Gasteiger charge is -2.27. The van der Waals surface area contributed by atoms with E-state index in [2.05, 4.69) is 26.3 Å². The summed E-state index contributed by atoms with van der Waals surface area (Å²) in [5.74, 6) is -7.50. The maximum absolute atomic E-state index is 13.7. The molecule has 0 unspecified atom stereocenters. The number of aliphatic hydroxyl groups excluding tert-OH is 1. The van der Waals surface area contributed by atoms with E-state index in [0.717, 1.165) is 10.9 Å². The number of carbonyl (C=O) groups excluding carboxylic acids is 5. The van der Waals surface area contributed by atoms with Crippen LogP contribution in [0.25, 0.3) is 10.9 Å². The molecule has 50 heavy (non-hydrogen) atoms. The number of primary amides is 1. The van der Waals surface area contributed by atoms with Crippen molar-refractivity contribution in [3.8, 4) is 0 Å². The quantitative estimate of drug-likeness (QED) is 0.0683. The Hall–Kier alpha value is -5.81. The number of carbonyl (C=O) groups is 7. The number of amides is 5. The summed E-state index contributed by atoms with van der Waals surface area (Å²) < 4.78 is 0. The molecular weight excluding hydrogens is 654 g/mol. The van der Waals surface area contributed by atoms with Gasteiger partial charge in [-0.1, -0.05) is 48.5 Å². The molecule has 17 nitrogen and oxygen atoms in total. The van der Waals surface area contributed by atoms with Gasteiger partial charge in [-0.2, -0.15) is 0 Å². The average molecular weight is 696 g/mol. The molecule has 1 heterocycles. The molecule has 0 saturated carbocycles. The number of carboxylic acids is 2. The van der Waals surface area contributed by atoms with Crippen molar-refractivity contribution in [2.45, 2.75) is 75.3 Å². The van der Waals surface area contributed by atoms with Crippen LogP contribution in [0.2, 0.25) is 0 Å². The maximum Gasteiger partial charge on any atom is 0.326 e. The highest BCUT2D eigenvalue weighted by molar-refractivity contribution is 5.97. The minimum absolute atomic E-state index is 0.105. The number of rotatable bonds is 19. The number of nitrogens with one attached hydrogen (secondary N) is 5. The zero-order valence-electron chi connectivity index (χ0n) is 27.1. The lowest BCUT2D eigenvalue weighted by atomic mass is 10.0. The van der Waals surface area contributed by atoms with Crippen molar-refractivity contribution >= 4 is 52.4 Å². The van der Waals surface area contributed by atoms with Gasteiger partial charge in [0.15, 0.2) is 0 Å². The van der Waals surface area contributed by atoms with Crippen LogP contribution in [0.4, 0.5) is 0 Å². The fourth-order valence-corrected chi connectivity index (χ4v) is 5.10. The largest absolute Gasteiger partial charge is 0.481 e. The Kier molecular flexibility index (Phi) is 14.0. The number of para-hydroxylation sites is 1. The molecule has 0 spiro atoms. The van der Waals surface area contributed by atoms with Crippen molar-refractivity contribution in [3.63, 3.8) is 0 Å². The van der Waals surface area contributed by atoms with Crippen molar-refractivity contribution in [3.05, 3.63) is 71.9 Å². The van der Waals surface area contributed by atoms with E-state index in [1.54, 1.807) is 60.8 Å². The van der Waals surface area contributed by atoms with E-state index in [1.807, 2.05) is 0 Å². The molecular formula is C33H41N7O10. The van der Waals surface area contributed by atoms with E-state index in [0.29, 0.717) is 11.1 Å². The van der Waals surface area contributed by atoms with E-state index >= 15 is 0 Å². The number of aliphatic hydroxyl groups is 1. The van der Waals surface area contributed by atoms with Gasteiger partial charge in [0, 0.05) is 36.4 Å². The highest BCUT2D eigenvalue weighted by atomic mass is 16.4. The van der Waals surface area contributed by atoms with Crippen molar-refractivity contribution in [1.82, 2.24) is 26.3 Å². The van der Waals surface area contributed by atoms with Crippen LogP contribution in [0.1, 0.15) is 37.3 Å². The maximum atomic E-state index is 13.7. The fraction of sp³-hybridized carbons (Fsp3) is 0.364. The Morgan fingerprint density at radius 3 is 1.98 bits per heavy atom. The molecule has 3 aromatic rings. The molecule has 268 valence electrons. The Morgan fingerprint density at radius 1 is 0.760 bits per heavy atom. The fourth-order valence-electron chi connectivity index (χ4n) is 5.10. The van der Waals surface area contributed by atoms with Gasteiger partial charge in [0.25, 0.3) is 0 Å². The number of nitrogens with two attached hydrogens (primary N) is 2. The third kappa shape index (κ3) is 11.4. The van der Waals surface area contributed by atoms with Gasteiger partial charge in [-0.15, -0.1) is 0 Å². The first-order valence-electron chi connectivity index (χ1n) is 15.6. The van der Waals surface area contributed by atoms with Crippen LogP contribution in [-0.2, 0) is 46.4 Å². The van der Waals surface area contributed by atoms with Gasteiger partial charge in [-0.05, 0) is 30.5 Å². The monoisotopic (exact) mass is 695 g/mol. The van der Waals surface area contributed by atoms with Crippen LogP contribution >= 0.6 is 0 Å². The van der Waals surface area contributed by atoms with Crippen molar-refractivity contribution in [2.24, 2.45) is 11.5 Å². The first-order chi connectivity index (χ1) is 23.7. The third-order valence-electron chi connectivity index (χ3n) is 7.73. The molecule has 0 radical (unpaired) electrons. The van der Waals surface area contributed by atoms with Gasteiger partial charge in [-0.25, -0.2) is 4.79 Å². The van der Waals surface area contributed by atoms with Crippen molar-refractivity contribution in [2.75, 3.05) is 0 Å². The summed E-state index contributed by atoms with van der Waals surface area (Å²) in [6.45, 7) is 1.17. The molecule has 5 amide bonds. The Labute approximate surface area is 286 Å². The molecule has 0 aliphatic heterocycles.